The van der Waals surface area contributed by atoms with Crippen molar-refractivity contribution in [2.75, 3.05) is 13.6 Å². The number of piperidine rings is 1. The summed E-state index contributed by atoms with van der Waals surface area (Å²) in [6.45, 7) is 5.02. The lowest BCUT2D eigenvalue weighted by atomic mass is 9.84. The van der Waals surface area contributed by atoms with Crippen molar-refractivity contribution in [2.24, 2.45) is 11.8 Å². The number of aryl methyl sites for hydroxylation is 1. The molecule has 4 heterocycles. The van der Waals surface area contributed by atoms with E-state index in [4.69, 9.17) is 4.74 Å². The second kappa shape index (κ2) is 7.87. The number of ether oxygens (including phenoxy) is 1. The number of aromatic hydroxyl groups is 1. The molecule has 7 nitrogen and oxygen atoms in total. The number of nitrogens with zero attached hydrogens (tertiary/aromatic N) is 5. The Morgan fingerprint density at radius 3 is 2.81 bits per heavy atom. The number of hydrogen-bond donors (Lipinski definition) is 1. The molecule has 2 saturated heterocycles. The van der Waals surface area contributed by atoms with Gasteiger partial charge < -0.3 is 14.7 Å². The van der Waals surface area contributed by atoms with Crippen LogP contribution in [0.1, 0.15) is 25.5 Å². The van der Waals surface area contributed by atoms with Gasteiger partial charge in [0.15, 0.2) is 11.2 Å². The summed E-state index contributed by atoms with van der Waals surface area (Å²) in [4.78, 5) is 2.13. The lowest BCUT2D eigenvalue weighted by Crippen LogP contribution is -2.47. The number of halogens is 1. The third-order valence-electron chi connectivity index (χ3n) is 6.62. The Kier molecular flexibility index (Phi) is 5.18. The highest BCUT2D eigenvalue weighted by Gasteiger charge is 2.46. The molecule has 1 saturated carbocycles. The van der Waals surface area contributed by atoms with Crippen LogP contribution in [0.25, 0.3) is 16.3 Å². The first-order valence-electron chi connectivity index (χ1n) is 10.6. The molecule has 2 aromatic heterocycles. The van der Waals surface area contributed by atoms with E-state index in [1.165, 1.54) is 11.3 Å². The van der Waals surface area contributed by atoms with E-state index in [1.54, 1.807) is 16.8 Å². The van der Waals surface area contributed by atoms with Crippen LogP contribution in [0.3, 0.4) is 0 Å². The molecule has 3 aliphatic rings. The van der Waals surface area contributed by atoms with Gasteiger partial charge in [-0.15, -0.1) is 5.10 Å². The lowest BCUT2D eigenvalue weighted by Gasteiger charge is -2.38. The summed E-state index contributed by atoms with van der Waals surface area (Å²) in [5.41, 5.74) is 2.21. The predicted octanol–water partition coefficient (Wildman–Crippen LogP) is 3.85. The zero-order valence-corrected chi connectivity index (χ0v) is 18.6. The molecule has 3 aromatic rings. The van der Waals surface area contributed by atoms with Crippen molar-refractivity contribution < 1.29 is 14.2 Å². The molecule has 3 fully saturated rings. The Bertz CT molecular complexity index is 1090. The van der Waals surface area contributed by atoms with Crippen LogP contribution in [0.15, 0.2) is 30.5 Å². The van der Waals surface area contributed by atoms with Gasteiger partial charge in [0.25, 0.3) is 5.19 Å². The van der Waals surface area contributed by atoms with Gasteiger partial charge in [0.1, 0.15) is 11.9 Å². The van der Waals surface area contributed by atoms with Gasteiger partial charge in [0, 0.05) is 24.8 Å². The summed E-state index contributed by atoms with van der Waals surface area (Å²) in [5, 5.41) is 24.1. The standard InChI is InChI=1S/C22H26FN5O2S/c1-12-8-17-20(23)19(9-14(12)11-27(17)3)30-22-25-24-21(31-22)16-5-4-15(10-18(16)29)28-7-6-13(2)26-28/h4-7,10,12,14,17,19-20,29H,8-9,11H2,1-3H3. The third kappa shape index (κ3) is 3.80. The summed E-state index contributed by atoms with van der Waals surface area (Å²) in [6, 6.07) is 7.07. The van der Waals surface area contributed by atoms with E-state index in [0.717, 1.165) is 24.3 Å². The van der Waals surface area contributed by atoms with Gasteiger partial charge in [-0.1, -0.05) is 23.4 Å². The number of hydrogen-bond acceptors (Lipinski definition) is 7. The fourth-order valence-corrected chi connectivity index (χ4v) is 5.59. The number of benzene rings is 1. The van der Waals surface area contributed by atoms with Crippen LogP contribution in [-0.4, -0.2) is 61.9 Å². The van der Waals surface area contributed by atoms with Crippen LogP contribution in [0.2, 0.25) is 0 Å². The number of phenolic OH excluding ortho intramolecular Hbond substituents is 1. The molecule has 9 heteroatoms. The van der Waals surface area contributed by atoms with E-state index in [1.807, 2.05) is 32.3 Å². The highest BCUT2D eigenvalue weighted by atomic mass is 32.1. The Hall–Kier alpha value is -2.52. The first kappa shape index (κ1) is 20.4. The Labute approximate surface area is 184 Å². The maximum Gasteiger partial charge on any atom is 0.294 e. The van der Waals surface area contributed by atoms with Gasteiger partial charge in [-0.2, -0.15) is 5.10 Å². The molecule has 6 rings (SSSR count). The zero-order valence-electron chi connectivity index (χ0n) is 17.8. The average Bonchev–Trinajstić information content (AvgIpc) is 3.33. The number of alkyl halides is 1. The fraction of sp³-hybridized carbons (Fsp3) is 0.500. The van der Waals surface area contributed by atoms with Crippen molar-refractivity contribution >= 4 is 11.3 Å². The minimum Gasteiger partial charge on any atom is -0.507 e. The van der Waals surface area contributed by atoms with Gasteiger partial charge in [-0.25, -0.2) is 9.07 Å². The molecule has 31 heavy (non-hydrogen) atoms. The van der Waals surface area contributed by atoms with Crippen molar-refractivity contribution in [2.45, 2.75) is 45.0 Å². The molecular formula is C22H26FN5O2S. The molecule has 5 unspecified atom stereocenters. The molecule has 0 amide bonds. The van der Waals surface area contributed by atoms with Gasteiger partial charge >= 0.3 is 0 Å². The molecule has 2 bridgehead atoms. The quantitative estimate of drug-likeness (QED) is 0.660. The van der Waals surface area contributed by atoms with Crippen molar-refractivity contribution in [3.63, 3.8) is 0 Å². The van der Waals surface area contributed by atoms with Crippen LogP contribution < -0.4 is 4.74 Å². The highest BCUT2D eigenvalue weighted by Crippen LogP contribution is 2.41. The number of rotatable bonds is 4. The summed E-state index contributed by atoms with van der Waals surface area (Å²) < 4.78 is 23.0. The van der Waals surface area contributed by atoms with Gasteiger partial charge in [-0.05, 0) is 56.8 Å². The van der Waals surface area contributed by atoms with E-state index >= 15 is 4.39 Å². The molecule has 1 aromatic carbocycles. The Balaban J connectivity index is 1.35. The van der Waals surface area contributed by atoms with Crippen molar-refractivity contribution in [3.05, 3.63) is 36.2 Å². The largest absolute Gasteiger partial charge is 0.507 e. The summed E-state index contributed by atoms with van der Waals surface area (Å²) >= 11 is 1.23. The van der Waals surface area contributed by atoms with E-state index < -0.39 is 12.3 Å². The Morgan fingerprint density at radius 1 is 1.23 bits per heavy atom. The second-order valence-corrected chi connectivity index (χ2v) is 9.73. The molecule has 5 atom stereocenters. The molecular weight excluding hydrogens is 417 g/mol. The molecule has 2 aliphatic heterocycles. The fourth-order valence-electron chi connectivity index (χ4n) is 4.81. The highest BCUT2D eigenvalue weighted by molar-refractivity contribution is 7.16. The minimum atomic E-state index is -1.06. The summed E-state index contributed by atoms with van der Waals surface area (Å²) in [7, 11) is 2.00. The molecule has 1 aliphatic carbocycles. The maximum atomic E-state index is 15.3. The molecule has 164 valence electrons. The van der Waals surface area contributed by atoms with Gasteiger partial charge in [0.05, 0.1) is 16.9 Å². The third-order valence-corrected chi connectivity index (χ3v) is 7.47. The monoisotopic (exact) mass is 443 g/mol. The van der Waals surface area contributed by atoms with E-state index in [-0.39, 0.29) is 11.8 Å². The minimum absolute atomic E-state index is 0.0830. The van der Waals surface area contributed by atoms with Crippen molar-refractivity contribution in [1.82, 2.24) is 24.9 Å². The SMILES string of the molecule is Cc1ccn(-c2ccc(-c3nnc(OC4CC5CN(C)C(CC5C)C4F)s3)c(O)c2)n1. The first-order chi connectivity index (χ1) is 14.9. The predicted molar refractivity (Wildman–Crippen MR) is 116 cm³/mol. The van der Waals surface area contributed by atoms with Crippen molar-refractivity contribution in [3.8, 4) is 27.2 Å². The average molecular weight is 444 g/mol. The van der Waals surface area contributed by atoms with Gasteiger partial charge in [-0.3, -0.25) is 0 Å². The van der Waals surface area contributed by atoms with Crippen LogP contribution in [-0.2, 0) is 0 Å². The molecule has 1 N–H and O–H groups in total. The summed E-state index contributed by atoms with van der Waals surface area (Å²) in [5.74, 6) is 0.994. The van der Waals surface area contributed by atoms with Crippen LogP contribution in [0, 0.1) is 18.8 Å². The summed E-state index contributed by atoms with van der Waals surface area (Å²) in [6.07, 6.45) is 1.80. The zero-order chi connectivity index (χ0) is 21.7. The van der Waals surface area contributed by atoms with Crippen LogP contribution in [0.5, 0.6) is 10.9 Å². The molecule has 0 radical (unpaired) electrons. The number of aromatic nitrogens is 4. The lowest BCUT2D eigenvalue weighted by molar-refractivity contribution is 0.0418. The van der Waals surface area contributed by atoms with E-state index in [9.17, 15) is 5.11 Å². The van der Waals surface area contributed by atoms with Crippen LogP contribution in [0.4, 0.5) is 4.39 Å². The second-order valence-electron chi connectivity index (χ2n) is 8.79. The maximum absolute atomic E-state index is 15.3. The number of fused-ring (bicyclic) bond motifs is 4. The smallest absolute Gasteiger partial charge is 0.294 e. The van der Waals surface area contributed by atoms with E-state index in [0.29, 0.717) is 34.0 Å². The van der Waals surface area contributed by atoms with E-state index in [2.05, 4.69) is 27.1 Å². The van der Waals surface area contributed by atoms with Crippen LogP contribution >= 0.6 is 11.3 Å². The normalized spacial score (nSPS) is 28.6. The Morgan fingerprint density at radius 2 is 2.06 bits per heavy atom. The van der Waals surface area contributed by atoms with Gasteiger partial charge in [0.2, 0.25) is 0 Å². The van der Waals surface area contributed by atoms with Crippen molar-refractivity contribution in [1.29, 1.82) is 0 Å². The first-order valence-corrected chi connectivity index (χ1v) is 11.4. The number of phenols is 1. The molecule has 0 spiro atoms. The topological polar surface area (TPSA) is 76.3 Å².